The first-order valence-electron chi connectivity index (χ1n) is 8.37. The van der Waals surface area contributed by atoms with Gasteiger partial charge in [-0.15, -0.1) is 0 Å². The highest BCUT2D eigenvalue weighted by Crippen LogP contribution is 2.19. The molecule has 0 radical (unpaired) electrons. The molecule has 2 amide bonds. The van der Waals surface area contributed by atoms with Crippen LogP contribution in [-0.2, 0) is 9.59 Å². The zero-order valence-corrected chi connectivity index (χ0v) is 13.4. The number of carbonyl (C=O) groups excluding carboxylic acids is 2. The average Bonchev–Trinajstić information content (AvgIpc) is 2.86. The summed E-state index contributed by atoms with van der Waals surface area (Å²) in [6.07, 6.45) is 4.97. The van der Waals surface area contributed by atoms with Gasteiger partial charge in [0.25, 0.3) is 0 Å². The van der Waals surface area contributed by atoms with Crippen LogP contribution in [-0.4, -0.2) is 48.9 Å². The molecule has 0 bridgehead atoms. The maximum absolute atomic E-state index is 12.4. The summed E-state index contributed by atoms with van der Waals surface area (Å²) in [5, 5.41) is 6.45. The van der Waals surface area contributed by atoms with E-state index in [-0.39, 0.29) is 23.8 Å². The van der Waals surface area contributed by atoms with Crippen molar-refractivity contribution in [2.45, 2.75) is 52.0 Å². The summed E-state index contributed by atoms with van der Waals surface area (Å²) in [4.78, 5) is 26.1. The summed E-state index contributed by atoms with van der Waals surface area (Å²) in [5.74, 6) is 0.970. The molecule has 0 spiro atoms. The van der Waals surface area contributed by atoms with Crippen LogP contribution in [0.15, 0.2) is 0 Å². The first-order valence-corrected chi connectivity index (χ1v) is 8.37. The lowest BCUT2D eigenvalue weighted by Gasteiger charge is -2.30. The lowest BCUT2D eigenvalue weighted by atomic mass is 9.96. The smallest absolute Gasteiger partial charge is 0.243 e. The first-order chi connectivity index (χ1) is 10.1. The van der Waals surface area contributed by atoms with Crippen LogP contribution in [0, 0.1) is 11.8 Å². The summed E-state index contributed by atoms with van der Waals surface area (Å²) < 4.78 is 0. The molecule has 2 saturated heterocycles. The van der Waals surface area contributed by atoms with Crippen LogP contribution < -0.4 is 10.6 Å². The van der Waals surface area contributed by atoms with Gasteiger partial charge in [-0.05, 0) is 50.6 Å². The maximum atomic E-state index is 12.4. The maximum Gasteiger partial charge on any atom is 0.243 e. The molecule has 0 aromatic carbocycles. The predicted molar refractivity (Wildman–Crippen MR) is 82.8 cm³/mol. The van der Waals surface area contributed by atoms with Crippen molar-refractivity contribution in [2.24, 2.45) is 11.8 Å². The summed E-state index contributed by atoms with van der Waals surface area (Å²) in [5.41, 5.74) is 0. The van der Waals surface area contributed by atoms with E-state index in [1.165, 1.54) is 12.8 Å². The van der Waals surface area contributed by atoms with Gasteiger partial charge in [-0.3, -0.25) is 9.59 Å². The topological polar surface area (TPSA) is 61.4 Å². The Morgan fingerprint density at radius 1 is 1.43 bits per heavy atom. The van der Waals surface area contributed by atoms with Crippen molar-refractivity contribution in [3.63, 3.8) is 0 Å². The molecule has 2 aliphatic heterocycles. The van der Waals surface area contributed by atoms with Gasteiger partial charge in [0.05, 0.1) is 0 Å². The first kappa shape index (κ1) is 16.3. The minimum atomic E-state index is -0.301. The van der Waals surface area contributed by atoms with Crippen LogP contribution >= 0.6 is 0 Å². The number of piperidine rings is 1. The van der Waals surface area contributed by atoms with Crippen LogP contribution in [0.4, 0.5) is 0 Å². The number of amides is 2. The van der Waals surface area contributed by atoms with Crippen LogP contribution in [0.2, 0.25) is 0 Å². The molecule has 2 N–H and O–H groups in total. The zero-order valence-electron chi connectivity index (χ0n) is 13.4. The molecule has 21 heavy (non-hydrogen) atoms. The number of likely N-dealkylation sites (tertiary alicyclic amines) is 1. The van der Waals surface area contributed by atoms with E-state index in [1.54, 1.807) is 4.90 Å². The summed E-state index contributed by atoms with van der Waals surface area (Å²) >= 11 is 0. The average molecular weight is 295 g/mol. The van der Waals surface area contributed by atoms with Gasteiger partial charge in [-0.2, -0.15) is 0 Å². The Labute approximate surface area is 127 Å². The molecule has 5 heteroatoms. The van der Waals surface area contributed by atoms with Gasteiger partial charge in [-0.25, -0.2) is 0 Å². The zero-order chi connectivity index (χ0) is 15.2. The van der Waals surface area contributed by atoms with E-state index in [9.17, 15) is 9.59 Å². The fourth-order valence-electron chi connectivity index (χ4n) is 3.44. The highest BCUT2D eigenvalue weighted by molar-refractivity contribution is 5.88. The third kappa shape index (κ3) is 4.43. The van der Waals surface area contributed by atoms with E-state index < -0.39 is 0 Å². The number of carbonyl (C=O) groups is 2. The van der Waals surface area contributed by atoms with Gasteiger partial charge < -0.3 is 15.5 Å². The second-order valence-electron chi connectivity index (χ2n) is 6.67. The molecular weight excluding hydrogens is 266 g/mol. The van der Waals surface area contributed by atoms with E-state index in [1.807, 2.05) is 13.8 Å². The highest BCUT2D eigenvalue weighted by Gasteiger charge is 2.34. The van der Waals surface area contributed by atoms with Crippen LogP contribution in [0.3, 0.4) is 0 Å². The van der Waals surface area contributed by atoms with Crippen molar-refractivity contribution < 1.29 is 9.59 Å². The molecule has 2 rings (SSSR count). The van der Waals surface area contributed by atoms with E-state index in [2.05, 4.69) is 10.6 Å². The number of hydrogen-bond donors (Lipinski definition) is 2. The number of nitrogens with one attached hydrogen (secondary N) is 2. The lowest BCUT2D eigenvalue weighted by Crippen LogP contribution is -2.50. The van der Waals surface area contributed by atoms with Crippen LogP contribution in [0.5, 0.6) is 0 Å². The summed E-state index contributed by atoms with van der Waals surface area (Å²) in [6.45, 7) is 7.66. The minimum Gasteiger partial charge on any atom is -0.354 e. The third-order valence-electron chi connectivity index (χ3n) is 4.60. The monoisotopic (exact) mass is 295 g/mol. The Kier molecular flexibility index (Phi) is 6.03. The molecule has 0 aromatic rings. The molecular formula is C16H29N3O2. The van der Waals surface area contributed by atoms with Crippen molar-refractivity contribution in [3.05, 3.63) is 0 Å². The Balaban J connectivity index is 1.80. The lowest BCUT2D eigenvalue weighted by molar-refractivity contribution is -0.139. The largest absolute Gasteiger partial charge is 0.354 e. The fraction of sp³-hybridized carbons (Fsp3) is 0.875. The van der Waals surface area contributed by atoms with Gasteiger partial charge >= 0.3 is 0 Å². The van der Waals surface area contributed by atoms with Crippen LogP contribution in [0.25, 0.3) is 0 Å². The van der Waals surface area contributed by atoms with Crippen molar-refractivity contribution in [2.75, 3.05) is 26.2 Å². The highest BCUT2D eigenvalue weighted by atomic mass is 16.2. The van der Waals surface area contributed by atoms with Gasteiger partial charge in [0, 0.05) is 19.5 Å². The predicted octanol–water partition coefficient (Wildman–Crippen LogP) is 1.14. The Morgan fingerprint density at radius 2 is 2.24 bits per heavy atom. The Morgan fingerprint density at radius 3 is 2.81 bits per heavy atom. The SMILES string of the molecule is CC(C)C(C(=O)NCCC1CCCNC1)N1CCCC1=O. The normalized spacial score (nSPS) is 24.4. The Hall–Kier alpha value is -1.10. The van der Waals surface area contributed by atoms with Crippen LogP contribution in [0.1, 0.15) is 46.0 Å². The molecule has 5 nitrogen and oxygen atoms in total. The standard InChI is InChI=1S/C16H29N3O2/c1-12(2)15(19-10-4-6-14(19)20)16(21)18-9-7-13-5-3-8-17-11-13/h12-13,15,17H,3-11H2,1-2H3,(H,18,21). The fourth-order valence-corrected chi connectivity index (χ4v) is 3.44. The van der Waals surface area contributed by atoms with E-state index in [4.69, 9.17) is 0 Å². The molecule has 0 saturated carbocycles. The molecule has 0 aromatic heterocycles. The van der Waals surface area contributed by atoms with Gasteiger partial charge in [-0.1, -0.05) is 13.8 Å². The number of nitrogens with zero attached hydrogens (tertiary/aromatic N) is 1. The second-order valence-corrected chi connectivity index (χ2v) is 6.67. The molecule has 2 fully saturated rings. The van der Waals surface area contributed by atoms with Gasteiger partial charge in [0.15, 0.2) is 0 Å². The molecule has 2 aliphatic rings. The van der Waals surface area contributed by atoms with Gasteiger partial charge in [0.2, 0.25) is 11.8 Å². The van der Waals surface area contributed by atoms with Crippen molar-refractivity contribution in [1.82, 2.24) is 15.5 Å². The Bertz CT molecular complexity index is 365. The number of hydrogen-bond acceptors (Lipinski definition) is 3. The second kappa shape index (κ2) is 7.78. The van der Waals surface area contributed by atoms with Crippen molar-refractivity contribution in [3.8, 4) is 0 Å². The van der Waals surface area contributed by atoms with E-state index >= 15 is 0 Å². The molecule has 2 heterocycles. The number of rotatable bonds is 6. The molecule has 0 aliphatic carbocycles. The minimum absolute atomic E-state index is 0.0176. The van der Waals surface area contributed by atoms with E-state index in [0.29, 0.717) is 12.3 Å². The van der Waals surface area contributed by atoms with E-state index in [0.717, 1.165) is 39.0 Å². The molecule has 2 atom stereocenters. The third-order valence-corrected chi connectivity index (χ3v) is 4.60. The molecule has 120 valence electrons. The van der Waals surface area contributed by atoms with Gasteiger partial charge in [0.1, 0.15) is 6.04 Å². The van der Waals surface area contributed by atoms with Crippen molar-refractivity contribution >= 4 is 11.8 Å². The summed E-state index contributed by atoms with van der Waals surface area (Å²) in [7, 11) is 0. The van der Waals surface area contributed by atoms with Crippen molar-refractivity contribution in [1.29, 1.82) is 0 Å². The molecule has 2 unspecified atom stereocenters. The quantitative estimate of drug-likeness (QED) is 0.772. The summed E-state index contributed by atoms with van der Waals surface area (Å²) in [6, 6.07) is -0.301.